The van der Waals surface area contributed by atoms with Gasteiger partial charge in [0.1, 0.15) is 0 Å². The number of amides is 2. The number of carbonyl (C=O) groups excluding carboxylic acids is 1. The van der Waals surface area contributed by atoms with Gasteiger partial charge in [0.15, 0.2) is 0 Å². The number of hydrogen-bond donors (Lipinski definition) is 1. The van der Waals surface area contributed by atoms with Gasteiger partial charge in [-0.15, -0.1) is 0 Å². The lowest BCUT2D eigenvalue weighted by atomic mass is 10.1. The number of halogens is 3. The Labute approximate surface area is 124 Å². The first-order valence-electron chi connectivity index (χ1n) is 7.20. The van der Waals surface area contributed by atoms with Crippen molar-refractivity contribution in [2.75, 3.05) is 20.2 Å². The van der Waals surface area contributed by atoms with Crippen molar-refractivity contribution in [3.63, 3.8) is 0 Å². The van der Waals surface area contributed by atoms with Crippen LogP contribution in [0.4, 0.5) is 18.0 Å². The largest absolute Gasteiger partial charge is 0.391 e. The van der Waals surface area contributed by atoms with E-state index in [1.807, 2.05) is 20.8 Å². The molecule has 0 saturated heterocycles. The number of hydrogen-bond acceptors (Lipinski definition) is 2. The fourth-order valence-corrected chi connectivity index (χ4v) is 1.94. The van der Waals surface area contributed by atoms with Gasteiger partial charge >= 0.3 is 12.2 Å². The van der Waals surface area contributed by atoms with Crippen molar-refractivity contribution < 1.29 is 22.7 Å². The van der Waals surface area contributed by atoms with E-state index >= 15 is 0 Å². The highest BCUT2D eigenvalue weighted by Gasteiger charge is 2.40. The molecule has 1 unspecified atom stereocenters. The Balaban J connectivity index is 2.38. The van der Waals surface area contributed by atoms with Crippen LogP contribution in [0.25, 0.3) is 0 Å². The summed E-state index contributed by atoms with van der Waals surface area (Å²) in [6.07, 6.45) is -3.72. The zero-order valence-electron chi connectivity index (χ0n) is 13.1. The number of ether oxygens (including phenoxy) is 1. The second kappa shape index (κ2) is 6.85. The number of nitrogens with one attached hydrogen (secondary N) is 1. The van der Waals surface area contributed by atoms with Crippen LogP contribution >= 0.6 is 0 Å². The molecule has 1 rings (SSSR count). The molecular formula is C14H25F3N2O2. The maximum Gasteiger partial charge on any atom is 0.391 e. The zero-order chi connectivity index (χ0) is 16.3. The minimum Gasteiger partial charge on any atom is -0.374 e. The quantitative estimate of drug-likeness (QED) is 0.818. The Kier molecular flexibility index (Phi) is 5.90. The number of carbonyl (C=O) groups is 1. The van der Waals surface area contributed by atoms with Crippen molar-refractivity contribution in [2.45, 2.75) is 57.9 Å². The fourth-order valence-electron chi connectivity index (χ4n) is 1.94. The van der Waals surface area contributed by atoms with Crippen LogP contribution in [0.1, 0.15) is 40.0 Å². The number of urea groups is 1. The van der Waals surface area contributed by atoms with Crippen LogP contribution in [0.3, 0.4) is 0 Å². The zero-order valence-corrected chi connectivity index (χ0v) is 13.1. The Morgan fingerprint density at radius 2 is 1.90 bits per heavy atom. The van der Waals surface area contributed by atoms with Gasteiger partial charge in [0.2, 0.25) is 0 Å². The molecule has 1 aliphatic carbocycles. The lowest BCUT2D eigenvalue weighted by Gasteiger charge is -2.26. The molecule has 1 N–H and O–H groups in total. The molecule has 124 valence electrons. The van der Waals surface area contributed by atoms with Gasteiger partial charge in [0.25, 0.3) is 0 Å². The van der Waals surface area contributed by atoms with Crippen LogP contribution in [-0.2, 0) is 4.74 Å². The Morgan fingerprint density at radius 1 is 1.33 bits per heavy atom. The van der Waals surface area contributed by atoms with Gasteiger partial charge in [-0.3, -0.25) is 0 Å². The summed E-state index contributed by atoms with van der Waals surface area (Å²) >= 11 is 0. The highest BCUT2D eigenvalue weighted by molar-refractivity contribution is 5.74. The average molecular weight is 310 g/mol. The molecule has 2 amide bonds. The van der Waals surface area contributed by atoms with Crippen molar-refractivity contribution in [2.24, 2.45) is 5.92 Å². The van der Waals surface area contributed by atoms with Crippen LogP contribution in [0.5, 0.6) is 0 Å². The number of nitrogens with zero attached hydrogens (tertiary/aromatic N) is 1. The van der Waals surface area contributed by atoms with E-state index in [1.165, 1.54) is 4.90 Å². The first kappa shape index (κ1) is 18.1. The summed E-state index contributed by atoms with van der Waals surface area (Å²) in [4.78, 5) is 13.3. The van der Waals surface area contributed by atoms with Crippen molar-refractivity contribution in [1.82, 2.24) is 10.2 Å². The van der Waals surface area contributed by atoms with E-state index in [2.05, 4.69) is 5.32 Å². The number of alkyl halides is 3. The topological polar surface area (TPSA) is 41.6 Å². The molecule has 0 heterocycles. The first-order chi connectivity index (χ1) is 9.48. The number of likely N-dealkylation sites (N-methyl/N-ethyl adjacent to an activating group) is 1. The predicted octanol–water partition coefficient (Wildman–Crippen LogP) is 3.17. The summed E-state index contributed by atoms with van der Waals surface area (Å²) < 4.78 is 43.0. The molecule has 1 saturated carbocycles. The van der Waals surface area contributed by atoms with Gasteiger partial charge in [-0.25, -0.2) is 4.79 Å². The molecule has 4 nitrogen and oxygen atoms in total. The van der Waals surface area contributed by atoms with Gasteiger partial charge in [0, 0.05) is 19.6 Å². The van der Waals surface area contributed by atoms with E-state index in [0.29, 0.717) is 13.2 Å². The summed E-state index contributed by atoms with van der Waals surface area (Å²) in [5.74, 6) is -0.0465. The summed E-state index contributed by atoms with van der Waals surface area (Å²) in [5.41, 5.74) is -0.301. The van der Waals surface area contributed by atoms with Crippen LogP contribution in [0.2, 0.25) is 0 Å². The fraction of sp³-hybridized carbons (Fsp3) is 0.929. The normalized spacial score (nSPS) is 17.5. The highest BCUT2D eigenvalue weighted by Crippen LogP contribution is 2.37. The molecular weight excluding hydrogens is 285 g/mol. The molecule has 21 heavy (non-hydrogen) atoms. The maximum atomic E-state index is 12.5. The van der Waals surface area contributed by atoms with E-state index < -0.39 is 24.7 Å². The molecule has 1 aliphatic rings. The molecule has 0 radical (unpaired) electrons. The van der Waals surface area contributed by atoms with Gasteiger partial charge in [-0.05, 0) is 39.5 Å². The molecule has 1 atom stereocenters. The standard InChI is InChI=1S/C14H25F3N2O2/c1-13(2,3)21-8-7-19(4)12(20)18-11(10-5-6-10)9-14(15,16)17/h10-11H,5-9H2,1-4H3,(H,18,20). The smallest absolute Gasteiger partial charge is 0.374 e. The molecule has 0 aromatic heterocycles. The van der Waals surface area contributed by atoms with Crippen LogP contribution < -0.4 is 5.32 Å². The SMILES string of the molecule is CN(CCOC(C)(C)C)C(=O)NC(CC(F)(F)F)C1CC1. The maximum absolute atomic E-state index is 12.5. The Bertz CT molecular complexity index is 349. The first-order valence-corrected chi connectivity index (χ1v) is 7.20. The Morgan fingerprint density at radius 3 is 2.33 bits per heavy atom. The molecule has 0 aromatic rings. The third-order valence-corrected chi connectivity index (χ3v) is 3.26. The average Bonchev–Trinajstić information content (AvgIpc) is 3.07. The minimum atomic E-state index is -4.26. The molecule has 1 fully saturated rings. The Hall–Kier alpha value is -0.980. The van der Waals surface area contributed by atoms with E-state index in [4.69, 9.17) is 4.74 Å². The minimum absolute atomic E-state index is 0.0465. The van der Waals surface area contributed by atoms with E-state index in [-0.39, 0.29) is 11.5 Å². The molecule has 7 heteroatoms. The lowest BCUT2D eigenvalue weighted by Crippen LogP contribution is -2.46. The second-order valence-corrected chi connectivity index (χ2v) is 6.60. The summed E-state index contributed by atoms with van der Waals surface area (Å²) in [5, 5.41) is 2.49. The molecule has 0 aliphatic heterocycles. The molecule has 0 bridgehead atoms. The van der Waals surface area contributed by atoms with Crippen LogP contribution in [0.15, 0.2) is 0 Å². The molecule has 0 aromatic carbocycles. The van der Waals surface area contributed by atoms with Crippen molar-refractivity contribution in [3.8, 4) is 0 Å². The highest BCUT2D eigenvalue weighted by atomic mass is 19.4. The third-order valence-electron chi connectivity index (χ3n) is 3.26. The van der Waals surface area contributed by atoms with Gasteiger partial charge in [-0.1, -0.05) is 0 Å². The van der Waals surface area contributed by atoms with Crippen LogP contribution in [0, 0.1) is 5.92 Å². The van der Waals surface area contributed by atoms with E-state index in [1.54, 1.807) is 7.05 Å². The van der Waals surface area contributed by atoms with E-state index in [9.17, 15) is 18.0 Å². The summed E-state index contributed by atoms with van der Waals surface area (Å²) in [6.45, 7) is 6.39. The predicted molar refractivity (Wildman–Crippen MR) is 74.1 cm³/mol. The van der Waals surface area contributed by atoms with Gasteiger partial charge in [0.05, 0.1) is 18.6 Å². The lowest BCUT2D eigenvalue weighted by molar-refractivity contribution is -0.140. The van der Waals surface area contributed by atoms with E-state index in [0.717, 1.165) is 12.8 Å². The van der Waals surface area contributed by atoms with Crippen molar-refractivity contribution in [1.29, 1.82) is 0 Å². The van der Waals surface area contributed by atoms with Gasteiger partial charge < -0.3 is 15.0 Å². The number of rotatable bonds is 6. The van der Waals surface area contributed by atoms with Gasteiger partial charge in [-0.2, -0.15) is 13.2 Å². The monoisotopic (exact) mass is 310 g/mol. The van der Waals surface area contributed by atoms with Crippen molar-refractivity contribution >= 4 is 6.03 Å². The molecule has 0 spiro atoms. The van der Waals surface area contributed by atoms with Crippen molar-refractivity contribution in [3.05, 3.63) is 0 Å². The second-order valence-electron chi connectivity index (χ2n) is 6.60. The summed E-state index contributed by atoms with van der Waals surface area (Å²) in [7, 11) is 1.55. The summed E-state index contributed by atoms with van der Waals surface area (Å²) in [6, 6.07) is -1.29. The van der Waals surface area contributed by atoms with Crippen LogP contribution in [-0.4, -0.2) is 48.9 Å². The third kappa shape index (κ3) is 8.14.